The summed E-state index contributed by atoms with van der Waals surface area (Å²) < 4.78 is 41.8. The smallest absolute Gasteiger partial charge is 0.261 e. The van der Waals surface area contributed by atoms with E-state index in [2.05, 4.69) is 17.2 Å². The Morgan fingerprint density at radius 2 is 1.94 bits per heavy atom. The lowest BCUT2D eigenvalue weighted by Crippen LogP contribution is -2.38. The van der Waals surface area contributed by atoms with Crippen LogP contribution in [0.25, 0.3) is 10.9 Å². The van der Waals surface area contributed by atoms with Gasteiger partial charge in [-0.05, 0) is 55.2 Å². The summed E-state index contributed by atoms with van der Waals surface area (Å²) in [4.78, 5) is 29.6. The molecular weight excluding hydrogens is 471 g/mol. The highest BCUT2D eigenvalue weighted by Gasteiger charge is 2.28. The molecule has 11 heteroatoms. The minimum Gasteiger partial charge on any atom is -0.323 e. The number of sulfonamides is 1. The molecule has 1 N–H and O–H groups in total. The first-order chi connectivity index (χ1) is 15.6. The Kier molecular flexibility index (Phi) is 6.51. The van der Waals surface area contributed by atoms with Crippen molar-refractivity contribution >= 4 is 44.1 Å². The summed E-state index contributed by atoms with van der Waals surface area (Å²) in [5.41, 5.74) is -0.0248. The van der Waals surface area contributed by atoms with Crippen molar-refractivity contribution in [2.45, 2.75) is 31.2 Å². The van der Waals surface area contributed by atoms with Crippen molar-refractivity contribution in [2.75, 3.05) is 18.4 Å². The van der Waals surface area contributed by atoms with E-state index in [-0.39, 0.29) is 27.5 Å². The zero-order chi connectivity index (χ0) is 23.8. The fourth-order valence-corrected chi connectivity index (χ4v) is 5.43. The summed E-state index contributed by atoms with van der Waals surface area (Å²) in [6.07, 6.45) is 2.79. The molecule has 4 rings (SSSR count). The maximum atomic E-state index is 13.2. The second kappa shape index (κ2) is 9.20. The van der Waals surface area contributed by atoms with Crippen LogP contribution in [-0.2, 0) is 21.4 Å². The molecule has 174 valence electrons. The lowest BCUT2D eigenvalue weighted by atomic mass is 10.0. The molecule has 0 spiro atoms. The molecular formula is C22H22ClFN4O4S. The monoisotopic (exact) mass is 492 g/mol. The summed E-state index contributed by atoms with van der Waals surface area (Å²) in [7, 11) is -3.75. The number of carbonyl (C=O) groups excluding carboxylic acids is 1. The molecule has 8 nitrogen and oxygen atoms in total. The highest BCUT2D eigenvalue weighted by atomic mass is 35.5. The van der Waals surface area contributed by atoms with E-state index in [1.807, 2.05) is 0 Å². The minimum absolute atomic E-state index is 0.0174. The van der Waals surface area contributed by atoms with Gasteiger partial charge in [-0.3, -0.25) is 14.2 Å². The van der Waals surface area contributed by atoms with Crippen LogP contribution < -0.4 is 10.9 Å². The van der Waals surface area contributed by atoms with Gasteiger partial charge in [0.15, 0.2) is 0 Å². The van der Waals surface area contributed by atoms with Gasteiger partial charge in [-0.25, -0.2) is 17.8 Å². The molecule has 0 saturated carbocycles. The zero-order valence-corrected chi connectivity index (χ0v) is 19.4. The molecule has 1 aromatic heterocycles. The Labute approximate surface area is 195 Å². The molecule has 0 bridgehead atoms. The predicted octanol–water partition coefficient (Wildman–Crippen LogP) is 3.25. The summed E-state index contributed by atoms with van der Waals surface area (Å²) in [5.74, 6) is -0.642. The van der Waals surface area contributed by atoms with Crippen LogP contribution in [0.15, 0.2) is 52.4 Å². The average molecular weight is 493 g/mol. The molecule has 1 amide bonds. The first-order valence-corrected chi connectivity index (χ1v) is 12.2. The number of piperidine rings is 1. The summed E-state index contributed by atoms with van der Waals surface area (Å²) >= 11 is 5.92. The number of hydrogen-bond acceptors (Lipinski definition) is 5. The predicted molar refractivity (Wildman–Crippen MR) is 123 cm³/mol. The lowest BCUT2D eigenvalue weighted by molar-refractivity contribution is -0.116. The Balaban J connectivity index is 1.60. The fourth-order valence-electron chi connectivity index (χ4n) is 3.72. The van der Waals surface area contributed by atoms with E-state index in [0.29, 0.717) is 24.5 Å². The van der Waals surface area contributed by atoms with Crippen molar-refractivity contribution in [2.24, 2.45) is 5.92 Å². The molecule has 0 aliphatic carbocycles. The van der Waals surface area contributed by atoms with Crippen LogP contribution in [0.1, 0.15) is 19.8 Å². The first-order valence-electron chi connectivity index (χ1n) is 10.4. The van der Waals surface area contributed by atoms with Crippen LogP contribution in [0.3, 0.4) is 0 Å². The Hall–Kier alpha value is -2.82. The van der Waals surface area contributed by atoms with Gasteiger partial charge >= 0.3 is 0 Å². The van der Waals surface area contributed by atoms with Crippen molar-refractivity contribution in [3.8, 4) is 0 Å². The molecule has 33 heavy (non-hydrogen) atoms. The van der Waals surface area contributed by atoms with Gasteiger partial charge in [0.2, 0.25) is 15.9 Å². The third-order valence-electron chi connectivity index (χ3n) is 5.70. The van der Waals surface area contributed by atoms with Gasteiger partial charge in [0.25, 0.3) is 5.56 Å². The number of aromatic nitrogens is 2. The largest absolute Gasteiger partial charge is 0.323 e. The quantitative estimate of drug-likeness (QED) is 0.589. The molecule has 1 saturated heterocycles. The van der Waals surface area contributed by atoms with Gasteiger partial charge in [-0.15, -0.1) is 0 Å². The fraction of sp³-hybridized carbons (Fsp3) is 0.318. The highest BCUT2D eigenvalue weighted by molar-refractivity contribution is 7.89. The van der Waals surface area contributed by atoms with Gasteiger partial charge in [0.05, 0.1) is 32.8 Å². The standard InChI is InChI=1S/C22H22ClFN4O4S/c1-14-6-8-28(9-7-14)33(31,32)16-3-5-19-17(11-16)22(30)27(13-25-19)12-21(29)26-20-4-2-15(24)10-18(20)23/h2-5,10-11,13-14H,6-9,12H2,1H3,(H,26,29). The van der Waals surface area contributed by atoms with E-state index in [1.165, 1.54) is 34.9 Å². The number of anilines is 1. The van der Waals surface area contributed by atoms with Crippen molar-refractivity contribution in [1.82, 2.24) is 13.9 Å². The number of benzene rings is 2. The molecule has 0 atom stereocenters. The Morgan fingerprint density at radius 3 is 2.64 bits per heavy atom. The van der Waals surface area contributed by atoms with E-state index >= 15 is 0 Å². The molecule has 1 aliphatic rings. The van der Waals surface area contributed by atoms with Gasteiger partial charge < -0.3 is 5.32 Å². The lowest BCUT2D eigenvalue weighted by Gasteiger charge is -2.29. The van der Waals surface area contributed by atoms with Crippen molar-refractivity contribution < 1.29 is 17.6 Å². The van der Waals surface area contributed by atoms with E-state index in [0.717, 1.165) is 29.5 Å². The van der Waals surface area contributed by atoms with Crippen LogP contribution in [0.5, 0.6) is 0 Å². The topological polar surface area (TPSA) is 101 Å². The van der Waals surface area contributed by atoms with Gasteiger partial charge in [0.1, 0.15) is 12.4 Å². The summed E-state index contributed by atoms with van der Waals surface area (Å²) in [5, 5.41) is 2.63. The van der Waals surface area contributed by atoms with Gasteiger partial charge in [-0.2, -0.15) is 4.31 Å². The molecule has 0 unspecified atom stereocenters. The van der Waals surface area contributed by atoms with Crippen LogP contribution >= 0.6 is 11.6 Å². The number of rotatable bonds is 5. The third-order valence-corrected chi connectivity index (χ3v) is 7.90. The number of amides is 1. The SMILES string of the molecule is CC1CCN(S(=O)(=O)c2ccc3ncn(CC(=O)Nc4ccc(F)cc4Cl)c(=O)c3c2)CC1. The molecule has 2 aromatic carbocycles. The first kappa shape index (κ1) is 23.3. The highest BCUT2D eigenvalue weighted by Crippen LogP contribution is 2.25. The van der Waals surface area contributed by atoms with Crippen LogP contribution in [-0.4, -0.2) is 41.3 Å². The van der Waals surface area contributed by atoms with E-state index in [1.54, 1.807) is 0 Å². The Bertz CT molecular complexity index is 1380. The second-order valence-electron chi connectivity index (χ2n) is 8.12. The number of hydrogen-bond donors (Lipinski definition) is 1. The number of halogens is 2. The molecule has 2 heterocycles. The van der Waals surface area contributed by atoms with Gasteiger partial charge in [0, 0.05) is 13.1 Å². The molecule has 3 aromatic rings. The van der Waals surface area contributed by atoms with Crippen molar-refractivity contribution in [1.29, 1.82) is 0 Å². The summed E-state index contributed by atoms with van der Waals surface area (Å²) in [6.45, 7) is 2.58. The molecule has 0 radical (unpaired) electrons. The van der Waals surface area contributed by atoms with Crippen LogP contribution in [0, 0.1) is 11.7 Å². The zero-order valence-electron chi connectivity index (χ0n) is 17.8. The number of carbonyl (C=O) groups is 1. The maximum Gasteiger partial charge on any atom is 0.261 e. The Morgan fingerprint density at radius 1 is 1.21 bits per heavy atom. The van der Waals surface area contributed by atoms with Crippen molar-refractivity contribution in [3.05, 3.63) is 63.9 Å². The second-order valence-corrected chi connectivity index (χ2v) is 10.5. The summed E-state index contributed by atoms with van der Waals surface area (Å²) in [6, 6.07) is 7.76. The van der Waals surface area contributed by atoms with Crippen molar-refractivity contribution in [3.63, 3.8) is 0 Å². The average Bonchev–Trinajstić information content (AvgIpc) is 2.78. The maximum absolute atomic E-state index is 13.2. The normalized spacial score (nSPS) is 15.6. The molecule has 1 fully saturated rings. The third kappa shape index (κ3) is 4.92. The van der Waals surface area contributed by atoms with Crippen LogP contribution in [0.2, 0.25) is 5.02 Å². The number of nitrogens with zero attached hydrogens (tertiary/aromatic N) is 3. The van der Waals surface area contributed by atoms with E-state index in [9.17, 15) is 22.4 Å². The molecule has 1 aliphatic heterocycles. The van der Waals surface area contributed by atoms with Crippen LogP contribution in [0.4, 0.5) is 10.1 Å². The number of nitrogens with one attached hydrogen (secondary N) is 1. The minimum atomic E-state index is -3.75. The number of fused-ring (bicyclic) bond motifs is 1. The van der Waals surface area contributed by atoms with E-state index in [4.69, 9.17) is 11.6 Å². The van der Waals surface area contributed by atoms with Gasteiger partial charge in [-0.1, -0.05) is 18.5 Å². The van der Waals surface area contributed by atoms with E-state index < -0.39 is 27.3 Å².